The maximum atomic E-state index is 11.9. The van der Waals surface area contributed by atoms with E-state index >= 15 is 0 Å². The Bertz CT molecular complexity index is 977. The molecule has 0 aliphatic carbocycles. The second kappa shape index (κ2) is 5.70. The Balaban J connectivity index is 1.98. The van der Waals surface area contributed by atoms with Crippen molar-refractivity contribution in [2.45, 2.75) is 20.4 Å². The quantitative estimate of drug-likeness (QED) is 0.776. The number of nitrogens with zero attached hydrogens (tertiary/aromatic N) is 5. The number of rotatable bonds is 2. The molecular formula is C18H18N6O. The van der Waals surface area contributed by atoms with Crippen molar-refractivity contribution in [3.05, 3.63) is 42.2 Å². The molecule has 0 spiro atoms. The lowest BCUT2D eigenvalue weighted by atomic mass is 10.1. The molecule has 0 radical (unpaired) electrons. The minimum absolute atomic E-state index is 0.0201. The molecule has 25 heavy (non-hydrogen) atoms. The summed E-state index contributed by atoms with van der Waals surface area (Å²) in [5.74, 6) is 1.07. The van der Waals surface area contributed by atoms with E-state index in [1.54, 1.807) is 18.0 Å². The molecule has 1 amide bonds. The molecule has 0 saturated carbocycles. The molecular weight excluding hydrogens is 316 g/mol. The molecule has 4 heterocycles. The lowest BCUT2D eigenvalue weighted by Crippen LogP contribution is -2.26. The average molecular weight is 334 g/mol. The molecule has 7 nitrogen and oxygen atoms in total. The SMILES string of the molecule is CC(=O)N1CCn2c1nc(-c1cccc(C)n1)c2-c1ccnc(N)c1. The van der Waals surface area contributed by atoms with Gasteiger partial charge in [-0.1, -0.05) is 6.07 Å². The third kappa shape index (κ3) is 2.53. The van der Waals surface area contributed by atoms with Crippen molar-refractivity contribution in [1.29, 1.82) is 0 Å². The summed E-state index contributed by atoms with van der Waals surface area (Å²) in [6, 6.07) is 9.54. The minimum atomic E-state index is -0.0201. The van der Waals surface area contributed by atoms with E-state index in [-0.39, 0.29) is 5.91 Å². The number of amides is 1. The summed E-state index contributed by atoms with van der Waals surface area (Å²) in [4.78, 5) is 27.1. The highest BCUT2D eigenvalue weighted by molar-refractivity contribution is 5.92. The summed E-state index contributed by atoms with van der Waals surface area (Å²) in [5, 5.41) is 0. The van der Waals surface area contributed by atoms with Crippen LogP contribution in [0.4, 0.5) is 11.8 Å². The molecule has 1 aliphatic heterocycles. The Kier molecular flexibility index (Phi) is 3.49. The van der Waals surface area contributed by atoms with Gasteiger partial charge in [-0.2, -0.15) is 0 Å². The number of carbonyl (C=O) groups is 1. The van der Waals surface area contributed by atoms with Crippen LogP contribution in [0.5, 0.6) is 0 Å². The fraction of sp³-hybridized carbons (Fsp3) is 0.222. The van der Waals surface area contributed by atoms with E-state index in [0.29, 0.717) is 24.9 Å². The number of hydrogen-bond donors (Lipinski definition) is 1. The van der Waals surface area contributed by atoms with Crippen LogP contribution in [-0.4, -0.2) is 32.0 Å². The topological polar surface area (TPSA) is 89.9 Å². The van der Waals surface area contributed by atoms with Crippen LogP contribution in [0.2, 0.25) is 0 Å². The molecule has 1 aliphatic rings. The monoisotopic (exact) mass is 334 g/mol. The van der Waals surface area contributed by atoms with Gasteiger partial charge in [0.2, 0.25) is 11.9 Å². The maximum Gasteiger partial charge on any atom is 0.226 e. The lowest BCUT2D eigenvalue weighted by molar-refractivity contribution is -0.116. The lowest BCUT2D eigenvalue weighted by Gasteiger charge is -2.09. The molecule has 2 N–H and O–H groups in total. The fourth-order valence-electron chi connectivity index (χ4n) is 3.20. The second-order valence-corrected chi connectivity index (χ2v) is 6.06. The van der Waals surface area contributed by atoms with Crippen molar-refractivity contribution in [1.82, 2.24) is 19.5 Å². The van der Waals surface area contributed by atoms with Gasteiger partial charge < -0.3 is 10.3 Å². The van der Waals surface area contributed by atoms with Gasteiger partial charge in [0.1, 0.15) is 11.5 Å². The Morgan fingerprint density at radius 2 is 2.04 bits per heavy atom. The molecule has 3 aromatic rings. The number of nitrogen functional groups attached to an aromatic ring is 1. The van der Waals surface area contributed by atoms with Crippen molar-refractivity contribution in [3.63, 3.8) is 0 Å². The number of carbonyl (C=O) groups excluding carboxylic acids is 1. The third-order valence-corrected chi connectivity index (χ3v) is 4.30. The van der Waals surface area contributed by atoms with Crippen LogP contribution in [0.3, 0.4) is 0 Å². The first-order valence-electron chi connectivity index (χ1n) is 8.09. The Labute approximate surface area is 145 Å². The predicted molar refractivity (Wildman–Crippen MR) is 95.9 cm³/mol. The average Bonchev–Trinajstić information content (AvgIpc) is 3.13. The largest absolute Gasteiger partial charge is 0.384 e. The molecule has 0 atom stereocenters. The minimum Gasteiger partial charge on any atom is -0.384 e. The number of aromatic nitrogens is 4. The first-order valence-corrected chi connectivity index (χ1v) is 8.09. The maximum absolute atomic E-state index is 11.9. The van der Waals surface area contributed by atoms with Crippen LogP contribution in [-0.2, 0) is 11.3 Å². The van der Waals surface area contributed by atoms with Crippen molar-refractivity contribution >= 4 is 17.7 Å². The molecule has 0 unspecified atom stereocenters. The van der Waals surface area contributed by atoms with Gasteiger partial charge in [0.05, 0.1) is 11.4 Å². The van der Waals surface area contributed by atoms with E-state index in [9.17, 15) is 4.79 Å². The predicted octanol–water partition coefficient (Wildman–Crippen LogP) is 2.26. The molecule has 4 rings (SSSR count). The number of pyridine rings is 2. The number of imidazole rings is 1. The number of anilines is 2. The van der Waals surface area contributed by atoms with E-state index in [1.807, 2.05) is 37.3 Å². The van der Waals surface area contributed by atoms with Gasteiger partial charge >= 0.3 is 0 Å². The molecule has 0 aromatic carbocycles. The molecule has 0 fully saturated rings. The zero-order valence-electron chi connectivity index (χ0n) is 14.1. The highest BCUT2D eigenvalue weighted by atomic mass is 16.2. The molecule has 3 aromatic heterocycles. The smallest absolute Gasteiger partial charge is 0.226 e. The third-order valence-electron chi connectivity index (χ3n) is 4.30. The Morgan fingerprint density at radius 1 is 1.20 bits per heavy atom. The van der Waals surface area contributed by atoms with Crippen LogP contribution in [0.15, 0.2) is 36.5 Å². The van der Waals surface area contributed by atoms with Gasteiger partial charge in [-0.25, -0.2) is 9.97 Å². The van der Waals surface area contributed by atoms with Crippen molar-refractivity contribution in [2.75, 3.05) is 17.2 Å². The summed E-state index contributed by atoms with van der Waals surface area (Å²) < 4.78 is 2.05. The van der Waals surface area contributed by atoms with Crippen molar-refractivity contribution in [2.24, 2.45) is 0 Å². The van der Waals surface area contributed by atoms with E-state index in [1.165, 1.54) is 0 Å². The van der Waals surface area contributed by atoms with Gasteiger partial charge in [0.25, 0.3) is 0 Å². The van der Waals surface area contributed by atoms with Gasteiger partial charge in [-0.3, -0.25) is 14.7 Å². The Morgan fingerprint density at radius 3 is 2.76 bits per heavy atom. The van der Waals surface area contributed by atoms with E-state index in [4.69, 9.17) is 10.7 Å². The van der Waals surface area contributed by atoms with E-state index in [2.05, 4.69) is 14.5 Å². The fourth-order valence-corrected chi connectivity index (χ4v) is 3.20. The van der Waals surface area contributed by atoms with Crippen LogP contribution in [0, 0.1) is 6.92 Å². The molecule has 0 bridgehead atoms. The summed E-state index contributed by atoms with van der Waals surface area (Å²) in [5.41, 5.74) is 10.1. The zero-order chi connectivity index (χ0) is 17.6. The van der Waals surface area contributed by atoms with Crippen LogP contribution >= 0.6 is 0 Å². The summed E-state index contributed by atoms with van der Waals surface area (Å²) in [6.07, 6.45) is 1.68. The van der Waals surface area contributed by atoms with E-state index in [0.717, 1.165) is 28.3 Å². The number of aryl methyl sites for hydroxylation is 1. The first kappa shape index (κ1) is 15.3. The molecule has 0 saturated heterocycles. The standard InChI is InChI=1S/C18H18N6O/c1-11-4-3-5-14(21-11)16-17(13-6-7-20-15(19)10-13)24-9-8-23(12(2)25)18(24)22-16/h3-7,10H,8-9H2,1-2H3,(H2,19,20). The van der Waals surface area contributed by atoms with Gasteiger partial charge in [0, 0.05) is 37.5 Å². The summed E-state index contributed by atoms with van der Waals surface area (Å²) in [7, 11) is 0. The zero-order valence-corrected chi connectivity index (χ0v) is 14.1. The number of nitrogens with two attached hydrogens (primary N) is 1. The summed E-state index contributed by atoms with van der Waals surface area (Å²) >= 11 is 0. The van der Waals surface area contributed by atoms with Gasteiger partial charge in [-0.15, -0.1) is 0 Å². The molecule has 126 valence electrons. The number of fused-ring (bicyclic) bond motifs is 1. The van der Waals surface area contributed by atoms with E-state index < -0.39 is 0 Å². The van der Waals surface area contributed by atoms with Gasteiger partial charge in [-0.05, 0) is 31.2 Å². The highest BCUT2D eigenvalue weighted by Gasteiger charge is 2.30. The van der Waals surface area contributed by atoms with Gasteiger partial charge in [0.15, 0.2) is 0 Å². The van der Waals surface area contributed by atoms with Crippen LogP contribution in [0.1, 0.15) is 12.6 Å². The molecule has 7 heteroatoms. The highest BCUT2D eigenvalue weighted by Crippen LogP contribution is 2.37. The van der Waals surface area contributed by atoms with Crippen LogP contribution < -0.4 is 10.6 Å². The Hall–Kier alpha value is -3.22. The first-order chi connectivity index (χ1) is 12.0. The normalized spacial score (nSPS) is 13.1. The second-order valence-electron chi connectivity index (χ2n) is 6.06. The summed E-state index contributed by atoms with van der Waals surface area (Å²) in [6.45, 7) is 4.80. The van der Waals surface area contributed by atoms with Crippen molar-refractivity contribution < 1.29 is 4.79 Å². The van der Waals surface area contributed by atoms with Crippen molar-refractivity contribution in [3.8, 4) is 22.6 Å². The number of hydrogen-bond acceptors (Lipinski definition) is 5. The van der Waals surface area contributed by atoms with Crippen LogP contribution in [0.25, 0.3) is 22.6 Å².